The Morgan fingerprint density at radius 3 is 2.38 bits per heavy atom. The van der Waals surface area contributed by atoms with Crippen molar-refractivity contribution in [3.8, 4) is 11.5 Å². The van der Waals surface area contributed by atoms with Crippen molar-refractivity contribution < 1.29 is 0 Å². The first-order valence-corrected chi connectivity index (χ1v) is 9.21. The third kappa shape index (κ3) is 4.50. The lowest BCUT2D eigenvalue weighted by molar-refractivity contribution is 0.895. The van der Waals surface area contributed by atoms with Gasteiger partial charge in [0.25, 0.3) is 0 Å². The second-order valence-electron chi connectivity index (χ2n) is 5.01. The largest absolute Gasteiger partial charge is 0.131 e. The van der Waals surface area contributed by atoms with Gasteiger partial charge in [0.2, 0.25) is 0 Å². The summed E-state index contributed by atoms with van der Waals surface area (Å²) in [6.07, 6.45) is 2.89. The summed E-state index contributed by atoms with van der Waals surface area (Å²) in [5, 5.41) is 0. The average Bonchev–Trinajstić information content (AvgIpc) is 2.24. The summed E-state index contributed by atoms with van der Waals surface area (Å²) >= 11 is 0. The van der Waals surface area contributed by atoms with Crippen LogP contribution in [0.3, 0.4) is 0 Å². The first-order chi connectivity index (χ1) is 7.53. The smallest absolute Gasteiger partial charge is 0.129 e. The molecular formula is C15H20Si. The van der Waals surface area contributed by atoms with Crippen molar-refractivity contribution in [3.05, 3.63) is 48.6 Å². The Morgan fingerprint density at radius 1 is 1.25 bits per heavy atom. The lowest BCUT2D eigenvalue weighted by Crippen LogP contribution is -2.16. The number of hydrogen-bond donors (Lipinski definition) is 0. The molecule has 1 unspecified atom stereocenters. The molecule has 0 bridgehead atoms. The summed E-state index contributed by atoms with van der Waals surface area (Å²) in [6.45, 7) is 10.6. The van der Waals surface area contributed by atoms with E-state index in [1.807, 2.05) is 12.1 Å². The van der Waals surface area contributed by atoms with Crippen LogP contribution >= 0.6 is 0 Å². The van der Waals surface area contributed by atoms with E-state index in [0.717, 1.165) is 6.42 Å². The van der Waals surface area contributed by atoms with E-state index in [9.17, 15) is 0 Å². The van der Waals surface area contributed by atoms with E-state index in [0.29, 0.717) is 5.92 Å². The molecule has 0 aromatic heterocycles. The molecule has 0 nitrogen and oxygen atoms in total. The molecule has 0 radical (unpaired) electrons. The minimum atomic E-state index is -1.28. The van der Waals surface area contributed by atoms with E-state index < -0.39 is 8.07 Å². The van der Waals surface area contributed by atoms with E-state index in [1.54, 1.807) is 0 Å². The van der Waals surface area contributed by atoms with Gasteiger partial charge in [-0.25, -0.2) is 0 Å². The third-order valence-corrected chi connectivity index (χ3v) is 3.12. The fraction of sp³-hybridized carbons (Fsp3) is 0.333. The van der Waals surface area contributed by atoms with Gasteiger partial charge in [0.05, 0.1) is 0 Å². The SMILES string of the molecule is C=CCC(C#C[Si](C)(C)C)c1ccccc1. The second-order valence-corrected chi connectivity index (χ2v) is 9.76. The highest BCUT2D eigenvalue weighted by molar-refractivity contribution is 6.83. The van der Waals surface area contributed by atoms with E-state index in [4.69, 9.17) is 0 Å². The number of allylic oxidation sites excluding steroid dienone is 1. The molecule has 0 saturated carbocycles. The van der Waals surface area contributed by atoms with Crippen LogP contribution in [0.2, 0.25) is 19.6 Å². The molecule has 0 aliphatic rings. The molecule has 0 N–H and O–H groups in total. The van der Waals surface area contributed by atoms with E-state index in [2.05, 4.69) is 61.9 Å². The van der Waals surface area contributed by atoms with Crippen LogP contribution in [0.5, 0.6) is 0 Å². The summed E-state index contributed by atoms with van der Waals surface area (Å²) in [6, 6.07) is 10.5. The Morgan fingerprint density at radius 2 is 1.88 bits per heavy atom. The Labute approximate surface area is 100 Å². The Hall–Kier alpha value is -1.26. The van der Waals surface area contributed by atoms with Crippen molar-refractivity contribution in [1.82, 2.24) is 0 Å². The molecule has 0 aliphatic heterocycles. The van der Waals surface area contributed by atoms with Crippen LogP contribution in [0.4, 0.5) is 0 Å². The highest BCUT2D eigenvalue weighted by atomic mass is 28.3. The van der Waals surface area contributed by atoms with Crippen molar-refractivity contribution >= 4 is 8.07 Å². The molecule has 16 heavy (non-hydrogen) atoms. The maximum absolute atomic E-state index is 3.81. The lowest BCUT2D eigenvalue weighted by Gasteiger charge is -2.10. The summed E-state index contributed by atoms with van der Waals surface area (Å²) in [4.78, 5) is 0. The van der Waals surface area contributed by atoms with Gasteiger partial charge >= 0.3 is 0 Å². The van der Waals surface area contributed by atoms with Gasteiger partial charge in [0.1, 0.15) is 8.07 Å². The maximum atomic E-state index is 3.81. The molecule has 1 aromatic rings. The van der Waals surface area contributed by atoms with E-state index >= 15 is 0 Å². The van der Waals surface area contributed by atoms with Crippen molar-refractivity contribution in [2.24, 2.45) is 0 Å². The monoisotopic (exact) mass is 228 g/mol. The van der Waals surface area contributed by atoms with Crippen molar-refractivity contribution in [2.75, 3.05) is 0 Å². The molecular weight excluding hydrogens is 208 g/mol. The van der Waals surface area contributed by atoms with Gasteiger partial charge in [0.15, 0.2) is 0 Å². The first-order valence-electron chi connectivity index (χ1n) is 5.71. The highest BCUT2D eigenvalue weighted by Gasteiger charge is 2.10. The number of hydrogen-bond acceptors (Lipinski definition) is 0. The molecule has 1 atom stereocenters. The predicted octanol–water partition coefficient (Wildman–Crippen LogP) is 4.23. The van der Waals surface area contributed by atoms with Gasteiger partial charge in [0, 0.05) is 5.92 Å². The summed E-state index contributed by atoms with van der Waals surface area (Å²) < 4.78 is 0. The van der Waals surface area contributed by atoms with Crippen LogP contribution in [0.1, 0.15) is 17.9 Å². The van der Waals surface area contributed by atoms with Crippen LogP contribution in [-0.4, -0.2) is 8.07 Å². The predicted molar refractivity (Wildman–Crippen MR) is 75.1 cm³/mol. The van der Waals surface area contributed by atoms with Crippen molar-refractivity contribution in [2.45, 2.75) is 32.0 Å². The van der Waals surface area contributed by atoms with Gasteiger partial charge in [-0.3, -0.25) is 0 Å². The molecule has 1 aromatic carbocycles. The normalized spacial score (nSPS) is 12.4. The molecule has 0 saturated heterocycles. The van der Waals surface area contributed by atoms with Crippen LogP contribution in [0, 0.1) is 11.5 Å². The van der Waals surface area contributed by atoms with Crippen LogP contribution in [0.15, 0.2) is 43.0 Å². The zero-order chi connectivity index (χ0) is 12.0. The number of rotatable bonds is 3. The van der Waals surface area contributed by atoms with Crippen LogP contribution in [-0.2, 0) is 0 Å². The van der Waals surface area contributed by atoms with Gasteiger partial charge < -0.3 is 0 Å². The van der Waals surface area contributed by atoms with Crippen molar-refractivity contribution in [1.29, 1.82) is 0 Å². The van der Waals surface area contributed by atoms with Gasteiger partial charge in [-0.1, -0.05) is 56.0 Å². The Balaban J connectivity index is 2.91. The fourth-order valence-electron chi connectivity index (χ4n) is 1.43. The minimum Gasteiger partial charge on any atom is -0.131 e. The lowest BCUT2D eigenvalue weighted by atomic mass is 9.97. The molecule has 1 heteroatoms. The molecule has 0 amide bonds. The molecule has 0 heterocycles. The highest BCUT2D eigenvalue weighted by Crippen LogP contribution is 2.19. The fourth-order valence-corrected chi connectivity index (χ4v) is 2.04. The van der Waals surface area contributed by atoms with E-state index in [-0.39, 0.29) is 0 Å². The quantitative estimate of drug-likeness (QED) is 0.413. The Kier molecular flexibility index (Phi) is 4.58. The summed E-state index contributed by atoms with van der Waals surface area (Å²) in [5.74, 6) is 3.73. The average molecular weight is 228 g/mol. The standard InChI is InChI=1S/C15H20Si/c1-5-9-14(12-13-16(2,3)4)15-10-7-6-8-11-15/h5-8,10-11,14H,1,9H2,2-4H3. The first kappa shape index (κ1) is 12.8. The summed E-state index contributed by atoms with van der Waals surface area (Å²) in [7, 11) is -1.28. The van der Waals surface area contributed by atoms with Gasteiger partial charge in [-0.2, -0.15) is 0 Å². The van der Waals surface area contributed by atoms with Gasteiger partial charge in [-0.05, 0) is 12.0 Å². The molecule has 0 fully saturated rings. The van der Waals surface area contributed by atoms with Gasteiger partial charge in [-0.15, -0.1) is 18.0 Å². The maximum Gasteiger partial charge on any atom is 0.129 e. The summed E-state index contributed by atoms with van der Waals surface area (Å²) in [5.41, 5.74) is 4.75. The Bertz CT molecular complexity index is 387. The zero-order valence-corrected chi connectivity index (χ0v) is 11.5. The van der Waals surface area contributed by atoms with Crippen molar-refractivity contribution in [3.63, 3.8) is 0 Å². The zero-order valence-electron chi connectivity index (χ0n) is 10.5. The molecule has 84 valence electrons. The second kappa shape index (κ2) is 5.72. The number of benzene rings is 1. The van der Waals surface area contributed by atoms with E-state index in [1.165, 1.54) is 5.56 Å². The minimum absolute atomic E-state index is 0.311. The third-order valence-electron chi connectivity index (χ3n) is 2.23. The van der Waals surface area contributed by atoms with Crippen LogP contribution in [0.25, 0.3) is 0 Å². The molecule has 0 spiro atoms. The molecule has 0 aliphatic carbocycles. The van der Waals surface area contributed by atoms with Crippen LogP contribution < -0.4 is 0 Å². The molecule has 1 rings (SSSR count). The topological polar surface area (TPSA) is 0 Å².